The summed E-state index contributed by atoms with van der Waals surface area (Å²) >= 11 is 1.60. The van der Waals surface area contributed by atoms with E-state index in [1.807, 2.05) is 25.1 Å². The third kappa shape index (κ3) is 3.05. The van der Waals surface area contributed by atoms with Crippen LogP contribution < -0.4 is 4.72 Å². The summed E-state index contributed by atoms with van der Waals surface area (Å²) in [4.78, 5) is 1.30. The molecule has 2 aromatic carbocycles. The Morgan fingerprint density at radius 2 is 1.64 bits per heavy atom. The second-order valence-electron chi connectivity index (χ2n) is 4.95. The summed E-state index contributed by atoms with van der Waals surface area (Å²) < 4.78 is 27.7. The summed E-state index contributed by atoms with van der Waals surface area (Å²) in [5.74, 6) is 0. The Bertz CT molecular complexity index is 884. The van der Waals surface area contributed by atoms with Gasteiger partial charge in [0.25, 0.3) is 10.0 Å². The molecule has 0 unspecified atom stereocenters. The summed E-state index contributed by atoms with van der Waals surface area (Å²) in [7, 11) is -3.58. The third-order valence-corrected chi connectivity index (χ3v) is 5.68. The van der Waals surface area contributed by atoms with Gasteiger partial charge in [-0.3, -0.25) is 4.72 Å². The van der Waals surface area contributed by atoms with E-state index in [0.717, 1.165) is 10.4 Å². The second-order valence-corrected chi connectivity index (χ2v) is 7.55. The van der Waals surface area contributed by atoms with Crippen molar-refractivity contribution in [3.63, 3.8) is 0 Å². The molecular weight excluding hydrogens is 314 g/mol. The molecule has 3 rings (SSSR count). The van der Waals surface area contributed by atoms with Gasteiger partial charge in [-0.05, 0) is 42.1 Å². The quantitative estimate of drug-likeness (QED) is 0.764. The highest BCUT2D eigenvalue weighted by Crippen LogP contribution is 2.33. The molecule has 0 aliphatic carbocycles. The lowest BCUT2D eigenvalue weighted by molar-refractivity contribution is 0.601. The van der Waals surface area contributed by atoms with E-state index in [9.17, 15) is 8.42 Å². The number of hydrogen-bond donors (Lipinski definition) is 1. The van der Waals surface area contributed by atoms with Crippen molar-refractivity contribution in [2.75, 3.05) is 4.72 Å². The Morgan fingerprint density at radius 3 is 2.32 bits per heavy atom. The van der Waals surface area contributed by atoms with Crippen LogP contribution in [0.5, 0.6) is 0 Å². The van der Waals surface area contributed by atoms with Crippen LogP contribution in [-0.2, 0) is 10.0 Å². The van der Waals surface area contributed by atoms with Gasteiger partial charge < -0.3 is 0 Å². The highest BCUT2D eigenvalue weighted by molar-refractivity contribution is 7.92. The van der Waals surface area contributed by atoms with Crippen LogP contribution in [0.3, 0.4) is 0 Å². The highest BCUT2D eigenvalue weighted by atomic mass is 32.2. The smallest absolute Gasteiger partial charge is 0.261 e. The van der Waals surface area contributed by atoms with Crippen LogP contribution in [0.2, 0.25) is 0 Å². The minimum absolute atomic E-state index is 0.257. The Balaban J connectivity index is 2.00. The zero-order valence-electron chi connectivity index (χ0n) is 12.0. The molecule has 1 aromatic heterocycles. The van der Waals surface area contributed by atoms with Gasteiger partial charge >= 0.3 is 0 Å². The number of hydrogen-bond acceptors (Lipinski definition) is 3. The predicted octanol–water partition coefficient (Wildman–Crippen LogP) is 4.52. The van der Waals surface area contributed by atoms with E-state index in [-0.39, 0.29) is 4.90 Å². The topological polar surface area (TPSA) is 46.2 Å². The van der Waals surface area contributed by atoms with Gasteiger partial charge in [0, 0.05) is 10.4 Å². The average Bonchev–Trinajstić information content (AvgIpc) is 2.95. The van der Waals surface area contributed by atoms with Gasteiger partial charge in [-0.15, -0.1) is 11.3 Å². The highest BCUT2D eigenvalue weighted by Gasteiger charge is 2.16. The van der Waals surface area contributed by atoms with Crippen molar-refractivity contribution < 1.29 is 8.42 Å². The zero-order chi connectivity index (χ0) is 15.6. The molecule has 3 aromatic rings. The number of nitrogens with one attached hydrogen (secondary N) is 1. The first-order chi connectivity index (χ1) is 10.6. The Kier molecular flexibility index (Phi) is 4.00. The standard InChI is InChI=1S/C17H15NO2S2/c1-13-11-17(21-12-13)15-9-5-6-10-16(15)18-22(19,20)14-7-3-2-4-8-14/h2-12,18H,1H3. The van der Waals surface area contributed by atoms with Gasteiger partial charge in [-0.1, -0.05) is 36.4 Å². The summed E-state index contributed by atoms with van der Waals surface area (Å²) in [5, 5.41) is 2.05. The number of rotatable bonds is 4. The molecule has 1 heterocycles. The first-order valence-corrected chi connectivity index (χ1v) is 9.15. The summed E-state index contributed by atoms with van der Waals surface area (Å²) in [5.41, 5.74) is 2.65. The summed E-state index contributed by atoms with van der Waals surface area (Å²) in [6.45, 7) is 2.02. The third-order valence-electron chi connectivity index (χ3n) is 3.22. The van der Waals surface area contributed by atoms with E-state index in [1.54, 1.807) is 47.7 Å². The molecule has 0 atom stereocenters. The van der Waals surface area contributed by atoms with Crippen LogP contribution >= 0.6 is 11.3 Å². The van der Waals surface area contributed by atoms with Gasteiger partial charge in [0.1, 0.15) is 0 Å². The maximum atomic E-state index is 12.5. The molecule has 0 aliphatic heterocycles. The molecule has 0 bridgehead atoms. The maximum absolute atomic E-state index is 12.5. The van der Waals surface area contributed by atoms with Crippen molar-refractivity contribution in [2.45, 2.75) is 11.8 Å². The van der Waals surface area contributed by atoms with Crippen LogP contribution in [0.1, 0.15) is 5.56 Å². The normalized spacial score (nSPS) is 11.3. The fourth-order valence-corrected chi connectivity index (χ4v) is 4.20. The van der Waals surface area contributed by atoms with Crippen LogP contribution in [0, 0.1) is 6.92 Å². The summed E-state index contributed by atoms with van der Waals surface area (Å²) in [6, 6.07) is 17.9. The van der Waals surface area contributed by atoms with Crippen LogP contribution in [0.4, 0.5) is 5.69 Å². The molecule has 0 saturated heterocycles. The van der Waals surface area contributed by atoms with E-state index < -0.39 is 10.0 Å². The predicted molar refractivity (Wildman–Crippen MR) is 91.7 cm³/mol. The Hall–Kier alpha value is -2.11. The number of para-hydroxylation sites is 1. The molecule has 0 fully saturated rings. The molecule has 1 N–H and O–H groups in total. The largest absolute Gasteiger partial charge is 0.279 e. The van der Waals surface area contributed by atoms with Crippen molar-refractivity contribution in [3.05, 3.63) is 71.6 Å². The molecule has 0 spiro atoms. The Morgan fingerprint density at radius 1 is 0.955 bits per heavy atom. The molecular formula is C17H15NO2S2. The first kappa shape index (κ1) is 14.8. The minimum Gasteiger partial charge on any atom is -0.279 e. The number of benzene rings is 2. The molecule has 3 nitrogen and oxygen atoms in total. The van der Waals surface area contributed by atoms with Gasteiger partial charge in [-0.25, -0.2) is 8.42 Å². The fourth-order valence-electron chi connectivity index (χ4n) is 2.16. The van der Waals surface area contributed by atoms with Crippen LogP contribution in [0.25, 0.3) is 10.4 Å². The van der Waals surface area contributed by atoms with Gasteiger partial charge in [0.15, 0.2) is 0 Å². The fraction of sp³-hybridized carbons (Fsp3) is 0.0588. The molecule has 22 heavy (non-hydrogen) atoms. The van der Waals surface area contributed by atoms with E-state index >= 15 is 0 Å². The zero-order valence-corrected chi connectivity index (χ0v) is 13.6. The lowest BCUT2D eigenvalue weighted by Gasteiger charge is -2.11. The number of anilines is 1. The lowest BCUT2D eigenvalue weighted by atomic mass is 10.1. The number of aryl methyl sites for hydroxylation is 1. The van der Waals surface area contributed by atoms with Gasteiger partial charge in [0.05, 0.1) is 10.6 Å². The van der Waals surface area contributed by atoms with Crippen molar-refractivity contribution >= 4 is 27.0 Å². The average molecular weight is 329 g/mol. The molecule has 0 amide bonds. The first-order valence-electron chi connectivity index (χ1n) is 6.79. The van der Waals surface area contributed by atoms with Crippen molar-refractivity contribution in [1.82, 2.24) is 0 Å². The van der Waals surface area contributed by atoms with Gasteiger partial charge in [-0.2, -0.15) is 0 Å². The van der Waals surface area contributed by atoms with E-state index in [2.05, 4.69) is 16.2 Å². The van der Waals surface area contributed by atoms with Crippen molar-refractivity contribution in [3.8, 4) is 10.4 Å². The minimum atomic E-state index is -3.58. The molecule has 0 radical (unpaired) electrons. The molecule has 5 heteroatoms. The summed E-state index contributed by atoms with van der Waals surface area (Å²) in [6.07, 6.45) is 0. The maximum Gasteiger partial charge on any atom is 0.261 e. The second kappa shape index (κ2) is 5.94. The Labute approximate surface area is 134 Å². The molecule has 112 valence electrons. The number of sulfonamides is 1. The number of thiophene rings is 1. The van der Waals surface area contributed by atoms with E-state index in [0.29, 0.717) is 5.69 Å². The van der Waals surface area contributed by atoms with Crippen LogP contribution in [-0.4, -0.2) is 8.42 Å². The van der Waals surface area contributed by atoms with Crippen molar-refractivity contribution in [2.24, 2.45) is 0 Å². The molecule has 0 aliphatic rings. The van der Waals surface area contributed by atoms with Crippen LogP contribution in [0.15, 0.2) is 70.9 Å². The monoisotopic (exact) mass is 329 g/mol. The SMILES string of the molecule is Cc1csc(-c2ccccc2NS(=O)(=O)c2ccccc2)c1. The van der Waals surface area contributed by atoms with E-state index in [1.165, 1.54) is 5.56 Å². The van der Waals surface area contributed by atoms with Crippen molar-refractivity contribution in [1.29, 1.82) is 0 Å². The lowest BCUT2D eigenvalue weighted by Crippen LogP contribution is -2.13. The molecule has 0 saturated carbocycles. The van der Waals surface area contributed by atoms with Gasteiger partial charge in [0.2, 0.25) is 0 Å². The van der Waals surface area contributed by atoms with E-state index in [4.69, 9.17) is 0 Å².